The van der Waals surface area contributed by atoms with Gasteiger partial charge in [0.25, 0.3) is 0 Å². The number of hydrogen-bond donors (Lipinski definition) is 12. The van der Waals surface area contributed by atoms with Crippen molar-refractivity contribution >= 4 is 5.91 Å². The highest BCUT2D eigenvalue weighted by atomic mass is 16.8. The Bertz CT molecular complexity index is 1970. The van der Waals surface area contributed by atoms with Crippen molar-refractivity contribution in [1.29, 1.82) is 0 Å². The number of aliphatic hydroxyl groups excluding tert-OH is 11. The number of rotatable bonds is 60. The lowest BCUT2D eigenvalue weighted by molar-refractivity contribution is -0.379. The number of amides is 1. The smallest absolute Gasteiger partial charge is 0.220 e. The van der Waals surface area contributed by atoms with Crippen LogP contribution in [0.3, 0.4) is 0 Å². The fraction of sp³-hybridized carbons (Fsp3) is 0.857. The summed E-state index contributed by atoms with van der Waals surface area (Å²) in [6.07, 6.45) is 46.3. The number of nitrogens with one attached hydrogen (secondary N) is 1. The Hall–Kier alpha value is -2.51. The van der Waals surface area contributed by atoms with Crippen molar-refractivity contribution in [1.82, 2.24) is 5.32 Å². The Balaban J connectivity index is 1.28. The summed E-state index contributed by atoms with van der Waals surface area (Å²) in [7, 11) is 0. The molecule has 3 heterocycles. The average Bonchev–Trinajstić information content (AvgIpc) is 0.787. The molecular weight excluding hydrogens is 1230 g/mol. The maximum Gasteiger partial charge on any atom is 0.220 e. The van der Waals surface area contributed by atoms with E-state index < -0.39 is 124 Å². The number of aliphatic hydroxyl groups is 11. The molecule has 0 saturated carbocycles. The molecule has 0 spiro atoms. The minimum Gasteiger partial charge on any atom is -0.394 e. The first-order valence-electron chi connectivity index (χ1n) is 38.5. The summed E-state index contributed by atoms with van der Waals surface area (Å²) in [4.78, 5) is 13.4. The second kappa shape index (κ2) is 58.0. The summed E-state index contributed by atoms with van der Waals surface area (Å²) in [6, 6.07) is -0.885. The predicted octanol–water partition coefficient (Wildman–Crippen LogP) is 11.9. The zero-order chi connectivity index (χ0) is 69.6. The van der Waals surface area contributed by atoms with Crippen molar-refractivity contribution in [2.45, 2.75) is 394 Å². The summed E-state index contributed by atoms with van der Waals surface area (Å²) in [5.74, 6) is -0.240. The summed E-state index contributed by atoms with van der Waals surface area (Å²) in [5, 5.41) is 121. The molecule has 19 nitrogen and oxygen atoms in total. The molecule has 3 aliphatic rings. The van der Waals surface area contributed by atoms with Crippen LogP contribution in [0.2, 0.25) is 0 Å². The molecule has 560 valence electrons. The van der Waals surface area contributed by atoms with Crippen molar-refractivity contribution in [3.8, 4) is 0 Å². The van der Waals surface area contributed by atoms with Gasteiger partial charge >= 0.3 is 0 Å². The maximum absolute atomic E-state index is 13.4. The van der Waals surface area contributed by atoms with Gasteiger partial charge in [-0.3, -0.25) is 4.79 Å². The molecule has 17 atom stereocenters. The first kappa shape index (κ1) is 87.7. The molecule has 0 aromatic carbocycles. The molecule has 3 fully saturated rings. The zero-order valence-corrected chi connectivity index (χ0v) is 59.6. The SMILES string of the molecule is CC/C=C\C/C=C\C/C=C\C/C=C\C/C=C\CCCCCCCCCCCCCCCCCCCCCCCCCC(=O)NC(COC1OC(CO)C(OC2OC(CO)C(OC3OC(CO)C(O)C(O)C3O)C(O)C2O)C(O)C1O)C(O)CCCCCCCCCCCCCC. The normalized spacial score (nSPS) is 27.4. The molecule has 0 bridgehead atoms. The molecule has 12 N–H and O–H groups in total. The van der Waals surface area contributed by atoms with E-state index in [0.29, 0.717) is 12.8 Å². The van der Waals surface area contributed by atoms with Gasteiger partial charge in [0.2, 0.25) is 5.91 Å². The van der Waals surface area contributed by atoms with Crippen LogP contribution in [-0.2, 0) is 33.2 Å². The zero-order valence-electron chi connectivity index (χ0n) is 59.6. The van der Waals surface area contributed by atoms with Crippen LogP contribution in [0, 0.1) is 0 Å². The number of unbranched alkanes of at least 4 members (excludes halogenated alkanes) is 34. The molecule has 1 amide bonds. The van der Waals surface area contributed by atoms with Gasteiger partial charge in [0.05, 0.1) is 38.6 Å². The van der Waals surface area contributed by atoms with Crippen molar-refractivity contribution in [3.63, 3.8) is 0 Å². The molecule has 17 unspecified atom stereocenters. The second-order valence-electron chi connectivity index (χ2n) is 27.4. The molecule has 0 aromatic heterocycles. The molecule has 0 radical (unpaired) electrons. The van der Waals surface area contributed by atoms with Gasteiger partial charge in [0.1, 0.15) is 73.2 Å². The van der Waals surface area contributed by atoms with E-state index in [-0.39, 0.29) is 18.9 Å². The summed E-state index contributed by atoms with van der Waals surface area (Å²) >= 11 is 0. The molecule has 0 aliphatic carbocycles. The largest absolute Gasteiger partial charge is 0.394 e. The first-order chi connectivity index (χ1) is 46.8. The topological polar surface area (TPSA) is 307 Å². The van der Waals surface area contributed by atoms with Crippen LogP contribution in [-0.4, -0.2) is 193 Å². The van der Waals surface area contributed by atoms with Crippen LogP contribution in [0.1, 0.15) is 290 Å². The molecule has 0 aromatic rings. The molecule has 3 rings (SSSR count). The summed E-state index contributed by atoms with van der Waals surface area (Å²) in [5.41, 5.74) is 0. The molecule has 19 heteroatoms. The van der Waals surface area contributed by atoms with Crippen LogP contribution in [0.5, 0.6) is 0 Å². The fourth-order valence-electron chi connectivity index (χ4n) is 12.9. The van der Waals surface area contributed by atoms with E-state index >= 15 is 0 Å². The monoisotopic (exact) mass is 1370 g/mol. The van der Waals surface area contributed by atoms with Crippen molar-refractivity contribution in [3.05, 3.63) is 60.8 Å². The van der Waals surface area contributed by atoms with E-state index in [1.54, 1.807) is 0 Å². The van der Waals surface area contributed by atoms with Crippen LogP contribution in [0.4, 0.5) is 0 Å². The Kier molecular flexibility index (Phi) is 53.0. The van der Waals surface area contributed by atoms with Gasteiger partial charge < -0.3 is 89.9 Å². The van der Waals surface area contributed by atoms with E-state index in [2.05, 4.69) is 79.9 Å². The second-order valence-corrected chi connectivity index (χ2v) is 27.4. The molecule has 3 aliphatic heterocycles. The van der Waals surface area contributed by atoms with Crippen LogP contribution >= 0.6 is 0 Å². The van der Waals surface area contributed by atoms with E-state index in [0.717, 1.165) is 77.0 Å². The average molecular weight is 1370 g/mol. The first-order valence-corrected chi connectivity index (χ1v) is 38.5. The van der Waals surface area contributed by atoms with Gasteiger partial charge in [-0.2, -0.15) is 0 Å². The summed E-state index contributed by atoms with van der Waals surface area (Å²) < 4.78 is 34.4. The van der Waals surface area contributed by atoms with E-state index in [1.807, 2.05) is 0 Å². The van der Waals surface area contributed by atoms with Crippen LogP contribution in [0.15, 0.2) is 60.8 Å². The quantitative estimate of drug-likeness (QED) is 0.0199. The van der Waals surface area contributed by atoms with E-state index in [4.69, 9.17) is 28.4 Å². The third-order valence-corrected chi connectivity index (χ3v) is 19.1. The Morgan fingerprint density at radius 1 is 0.385 bits per heavy atom. The number of allylic oxidation sites excluding steroid dienone is 10. The van der Waals surface area contributed by atoms with Gasteiger partial charge in [0.15, 0.2) is 18.9 Å². The highest BCUT2D eigenvalue weighted by molar-refractivity contribution is 5.76. The Labute approximate surface area is 579 Å². The van der Waals surface area contributed by atoms with Gasteiger partial charge in [-0.15, -0.1) is 0 Å². The predicted molar refractivity (Wildman–Crippen MR) is 379 cm³/mol. The Morgan fingerprint density at radius 3 is 1.12 bits per heavy atom. The van der Waals surface area contributed by atoms with E-state index in [1.165, 1.54) is 180 Å². The van der Waals surface area contributed by atoms with Crippen molar-refractivity contribution in [2.24, 2.45) is 0 Å². The van der Waals surface area contributed by atoms with Gasteiger partial charge in [0, 0.05) is 6.42 Å². The standard InChI is InChI=1S/C77H139NO18/c1-3-5-7-9-11-13-15-17-18-19-20-21-22-23-24-25-26-27-28-29-30-31-32-33-34-35-36-37-38-39-40-41-42-43-45-47-49-51-53-55-65(83)78-60(61(82)54-52-50-48-46-44-16-14-12-10-8-6-4-2)59-91-75-71(89)68(86)73(63(57-80)93-75)96-77-72(90)69(87)74(64(58-81)94-77)95-76-70(88)67(85)66(84)62(56-79)92-76/h5,7,11,13,17-18,20-21,23-24,60-64,66-77,79-82,84-90H,3-4,6,8-10,12,14-16,19,22,25-59H2,1-2H3,(H,78,83)/b7-5-,13-11-,18-17-,21-20-,24-23-. The fourth-order valence-corrected chi connectivity index (χ4v) is 12.9. The number of carbonyl (C=O) groups excluding carboxylic acids is 1. The minimum absolute atomic E-state index is 0.240. The Morgan fingerprint density at radius 2 is 0.719 bits per heavy atom. The lowest BCUT2D eigenvalue weighted by Gasteiger charge is -2.48. The minimum atomic E-state index is -1.97. The third-order valence-electron chi connectivity index (χ3n) is 19.1. The lowest BCUT2D eigenvalue weighted by Crippen LogP contribution is -2.66. The van der Waals surface area contributed by atoms with Crippen LogP contribution < -0.4 is 5.32 Å². The molecule has 96 heavy (non-hydrogen) atoms. The third kappa shape index (κ3) is 38.5. The molecule has 3 saturated heterocycles. The molecular formula is C77H139NO18. The highest BCUT2D eigenvalue weighted by Crippen LogP contribution is 2.33. The van der Waals surface area contributed by atoms with Crippen molar-refractivity contribution < 1.29 is 89.4 Å². The number of carbonyl (C=O) groups is 1. The number of ether oxygens (including phenoxy) is 6. The maximum atomic E-state index is 13.4. The lowest BCUT2D eigenvalue weighted by atomic mass is 9.96. The summed E-state index contributed by atoms with van der Waals surface area (Å²) in [6.45, 7) is 1.69. The van der Waals surface area contributed by atoms with Gasteiger partial charge in [-0.1, -0.05) is 286 Å². The van der Waals surface area contributed by atoms with Gasteiger partial charge in [-0.25, -0.2) is 0 Å². The van der Waals surface area contributed by atoms with E-state index in [9.17, 15) is 61.0 Å². The van der Waals surface area contributed by atoms with Crippen LogP contribution in [0.25, 0.3) is 0 Å². The highest BCUT2D eigenvalue weighted by Gasteiger charge is 2.53. The van der Waals surface area contributed by atoms with Gasteiger partial charge in [-0.05, 0) is 57.8 Å². The number of hydrogen-bond acceptors (Lipinski definition) is 18. The van der Waals surface area contributed by atoms with Crippen molar-refractivity contribution in [2.75, 3.05) is 26.4 Å².